The van der Waals surface area contributed by atoms with Gasteiger partial charge in [-0.3, -0.25) is 0 Å². The van der Waals surface area contributed by atoms with Crippen LogP contribution in [0.3, 0.4) is 0 Å². The molecule has 1 saturated heterocycles. The predicted molar refractivity (Wildman–Crippen MR) is 79.6 cm³/mol. The molecule has 0 bridgehead atoms. The summed E-state index contributed by atoms with van der Waals surface area (Å²) in [6.45, 7) is 4.32. The molecule has 2 aromatic rings. The number of para-hydroxylation sites is 1. The molecular weight excluding hydrogens is 252 g/mol. The number of ether oxygens (including phenoxy) is 1. The minimum absolute atomic E-state index is 0.0309. The van der Waals surface area contributed by atoms with Crippen LogP contribution in [0.4, 0.5) is 0 Å². The summed E-state index contributed by atoms with van der Waals surface area (Å²) in [4.78, 5) is 0. The van der Waals surface area contributed by atoms with Crippen LogP contribution >= 0.6 is 0 Å². The first-order chi connectivity index (χ1) is 9.70. The van der Waals surface area contributed by atoms with Crippen molar-refractivity contribution in [1.29, 1.82) is 0 Å². The summed E-state index contributed by atoms with van der Waals surface area (Å²) in [5.74, 6) is 0.898. The van der Waals surface area contributed by atoms with E-state index in [0.717, 1.165) is 42.7 Å². The number of hydrogen-bond acceptors (Lipinski definition) is 4. The van der Waals surface area contributed by atoms with Crippen LogP contribution in [0, 0.1) is 0 Å². The Bertz CT molecular complexity index is 540. The second-order valence-corrected chi connectivity index (χ2v) is 5.76. The van der Waals surface area contributed by atoms with E-state index in [-0.39, 0.29) is 11.6 Å². The van der Waals surface area contributed by atoms with E-state index in [0.29, 0.717) is 6.54 Å². The summed E-state index contributed by atoms with van der Waals surface area (Å²) in [7, 11) is 0. The molecule has 2 atom stereocenters. The fourth-order valence-corrected chi connectivity index (χ4v) is 2.79. The highest BCUT2D eigenvalue weighted by molar-refractivity contribution is 5.77. The first-order valence-corrected chi connectivity index (χ1v) is 7.26. The number of benzene rings is 1. The van der Waals surface area contributed by atoms with Crippen molar-refractivity contribution < 1.29 is 9.15 Å². The zero-order valence-corrected chi connectivity index (χ0v) is 11.9. The van der Waals surface area contributed by atoms with Crippen LogP contribution in [0.15, 0.2) is 34.7 Å². The third-order valence-electron chi connectivity index (χ3n) is 4.05. The van der Waals surface area contributed by atoms with E-state index in [4.69, 9.17) is 14.9 Å². The minimum Gasteiger partial charge on any atom is -0.459 e. The van der Waals surface area contributed by atoms with E-state index in [1.54, 1.807) is 0 Å². The zero-order chi connectivity index (χ0) is 14.0. The third-order valence-corrected chi connectivity index (χ3v) is 4.05. The van der Waals surface area contributed by atoms with Crippen molar-refractivity contribution in [2.24, 2.45) is 5.73 Å². The van der Waals surface area contributed by atoms with Crippen molar-refractivity contribution in [1.82, 2.24) is 5.32 Å². The highest BCUT2D eigenvalue weighted by atomic mass is 16.5. The summed E-state index contributed by atoms with van der Waals surface area (Å²) in [5, 5.41) is 4.60. The van der Waals surface area contributed by atoms with Gasteiger partial charge in [0.25, 0.3) is 0 Å². The minimum atomic E-state index is -0.0700. The lowest BCUT2D eigenvalue weighted by Gasteiger charge is -2.26. The molecular formula is C16H22N2O2. The van der Waals surface area contributed by atoms with Crippen molar-refractivity contribution >= 4 is 11.0 Å². The Morgan fingerprint density at radius 1 is 1.40 bits per heavy atom. The standard InChI is InChI=1S/C16H22N2O2/c1-16(7-4-8-19-16)11-18-13(10-17)15-9-12-5-2-3-6-14(12)20-15/h2-3,5-6,9,13,18H,4,7-8,10-11,17H2,1H3. The molecule has 0 amide bonds. The molecule has 0 saturated carbocycles. The van der Waals surface area contributed by atoms with Crippen molar-refractivity contribution in [3.63, 3.8) is 0 Å². The van der Waals surface area contributed by atoms with Gasteiger partial charge >= 0.3 is 0 Å². The molecule has 20 heavy (non-hydrogen) atoms. The number of rotatable bonds is 5. The van der Waals surface area contributed by atoms with Crippen LogP contribution < -0.4 is 11.1 Å². The first-order valence-electron chi connectivity index (χ1n) is 7.26. The maximum absolute atomic E-state index is 5.89. The molecule has 1 fully saturated rings. The fraction of sp³-hybridized carbons (Fsp3) is 0.500. The molecule has 1 aliphatic heterocycles. The Morgan fingerprint density at radius 2 is 2.25 bits per heavy atom. The molecule has 1 aromatic heterocycles. The highest BCUT2D eigenvalue weighted by Crippen LogP contribution is 2.27. The van der Waals surface area contributed by atoms with Gasteiger partial charge in [0.1, 0.15) is 11.3 Å². The van der Waals surface area contributed by atoms with Crippen LogP contribution in [0.1, 0.15) is 31.6 Å². The molecule has 1 aromatic carbocycles. The number of fused-ring (bicyclic) bond motifs is 1. The summed E-state index contributed by atoms with van der Waals surface area (Å²) < 4.78 is 11.7. The number of hydrogen-bond donors (Lipinski definition) is 2. The number of nitrogens with one attached hydrogen (secondary N) is 1. The topological polar surface area (TPSA) is 60.4 Å². The van der Waals surface area contributed by atoms with Gasteiger partial charge in [-0.1, -0.05) is 18.2 Å². The Kier molecular flexibility index (Phi) is 3.78. The third kappa shape index (κ3) is 2.73. The van der Waals surface area contributed by atoms with Gasteiger partial charge in [0.15, 0.2) is 0 Å². The Balaban J connectivity index is 1.72. The van der Waals surface area contributed by atoms with Gasteiger partial charge in [-0.25, -0.2) is 0 Å². The normalized spacial score (nSPS) is 24.3. The zero-order valence-electron chi connectivity index (χ0n) is 11.9. The van der Waals surface area contributed by atoms with Crippen molar-refractivity contribution in [2.75, 3.05) is 19.7 Å². The average Bonchev–Trinajstić information content (AvgIpc) is 3.06. The van der Waals surface area contributed by atoms with E-state index < -0.39 is 0 Å². The van der Waals surface area contributed by atoms with Gasteiger partial charge in [-0.05, 0) is 31.9 Å². The fourth-order valence-electron chi connectivity index (χ4n) is 2.79. The Hall–Kier alpha value is -1.36. The van der Waals surface area contributed by atoms with E-state index in [9.17, 15) is 0 Å². The van der Waals surface area contributed by atoms with E-state index >= 15 is 0 Å². The maximum Gasteiger partial charge on any atom is 0.134 e. The van der Waals surface area contributed by atoms with E-state index in [1.807, 2.05) is 18.2 Å². The highest BCUT2D eigenvalue weighted by Gasteiger charge is 2.30. The largest absolute Gasteiger partial charge is 0.459 e. The lowest BCUT2D eigenvalue weighted by Crippen LogP contribution is -2.40. The van der Waals surface area contributed by atoms with E-state index in [2.05, 4.69) is 24.4 Å². The molecule has 0 aliphatic carbocycles. The molecule has 3 rings (SSSR count). The van der Waals surface area contributed by atoms with Crippen molar-refractivity contribution in [3.05, 3.63) is 36.1 Å². The molecule has 2 unspecified atom stereocenters. The van der Waals surface area contributed by atoms with Crippen LogP contribution in [-0.2, 0) is 4.74 Å². The lowest BCUT2D eigenvalue weighted by atomic mass is 10.0. The van der Waals surface area contributed by atoms with Crippen LogP contribution in [0.25, 0.3) is 11.0 Å². The first kappa shape index (κ1) is 13.6. The van der Waals surface area contributed by atoms with E-state index in [1.165, 1.54) is 0 Å². The molecule has 2 heterocycles. The summed E-state index contributed by atoms with van der Waals surface area (Å²) in [6.07, 6.45) is 2.23. The van der Waals surface area contributed by atoms with Gasteiger partial charge in [-0.15, -0.1) is 0 Å². The molecule has 1 aliphatic rings. The van der Waals surface area contributed by atoms with Gasteiger partial charge in [-0.2, -0.15) is 0 Å². The predicted octanol–water partition coefficient (Wildman–Crippen LogP) is 2.59. The second kappa shape index (κ2) is 5.56. The molecule has 4 nitrogen and oxygen atoms in total. The molecule has 108 valence electrons. The summed E-state index contributed by atoms with van der Waals surface area (Å²) in [6, 6.07) is 10.1. The Labute approximate surface area is 119 Å². The second-order valence-electron chi connectivity index (χ2n) is 5.76. The van der Waals surface area contributed by atoms with Gasteiger partial charge in [0.05, 0.1) is 11.6 Å². The lowest BCUT2D eigenvalue weighted by molar-refractivity contribution is 0.0184. The van der Waals surface area contributed by atoms with Gasteiger partial charge < -0.3 is 20.2 Å². The van der Waals surface area contributed by atoms with Gasteiger partial charge in [0, 0.05) is 25.1 Å². The Morgan fingerprint density at radius 3 is 2.95 bits per heavy atom. The van der Waals surface area contributed by atoms with Crippen LogP contribution in [-0.4, -0.2) is 25.3 Å². The smallest absolute Gasteiger partial charge is 0.134 e. The SMILES string of the molecule is CC1(CNC(CN)c2cc3ccccc3o2)CCCO1. The van der Waals surface area contributed by atoms with Crippen LogP contribution in [0.5, 0.6) is 0 Å². The maximum atomic E-state index is 5.89. The summed E-state index contributed by atoms with van der Waals surface area (Å²) in [5.41, 5.74) is 6.73. The molecule has 4 heteroatoms. The quantitative estimate of drug-likeness (QED) is 0.880. The van der Waals surface area contributed by atoms with Crippen molar-refractivity contribution in [2.45, 2.75) is 31.4 Å². The monoisotopic (exact) mass is 274 g/mol. The molecule has 3 N–H and O–H groups in total. The van der Waals surface area contributed by atoms with Crippen molar-refractivity contribution in [3.8, 4) is 0 Å². The van der Waals surface area contributed by atoms with Crippen LogP contribution in [0.2, 0.25) is 0 Å². The molecule has 0 radical (unpaired) electrons. The number of furan rings is 1. The number of nitrogens with two attached hydrogens (primary N) is 1. The van der Waals surface area contributed by atoms with Gasteiger partial charge in [0.2, 0.25) is 0 Å². The summed E-state index contributed by atoms with van der Waals surface area (Å²) >= 11 is 0. The average molecular weight is 274 g/mol. The molecule has 0 spiro atoms.